The second-order valence-electron chi connectivity index (χ2n) is 4.81. The van der Waals surface area contributed by atoms with Gasteiger partial charge in [0, 0.05) is 18.9 Å². The molecule has 0 radical (unpaired) electrons. The molecular formula is C15H18N2O4. The van der Waals surface area contributed by atoms with Crippen molar-refractivity contribution in [3.63, 3.8) is 0 Å². The second-order valence-corrected chi connectivity index (χ2v) is 4.81. The van der Waals surface area contributed by atoms with Gasteiger partial charge in [0.25, 0.3) is 0 Å². The number of aromatic nitrogens is 2. The molecule has 1 aliphatic rings. The summed E-state index contributed by atoms with van der Waals surface area (Å²) < 4.78 is 22.0. The van der Waals surface area contributed by atoms with Gasteiger partial charge in [-0.2, -0.15) is 0 Å². The molecule has 2 aromatic rings. The fourth-order valence-corrected chi connectivity index (χ4v) is 2.08. The van der Waals surface area contributed by atoms with Crippen molar-refractivity contribution in [2.75, 3.05) is 19.8 Å². The van der Waals surface area contributed by atoms with Gasteiger partial charge < -0.3 is 18.6 Å². The minimum atomic E-state index is -0.139. The Hall–Kier alpha value is -1.92. The Morgan fingerprint density at radius 1 is 1.14 bits per heavy atom. The highest BCUT2D eigenvalue weighted by atomic mass is 16.7. The fraction of sp³-hybridized carbons (Fsp3) is 0.467. The predicted molar refractivity (Wildman–Crippen MR) is 74.9 cm³/mol. The first-order valence-electron chi connectivity index (χ1n) is 7.08. The van der Waals surface area contributed by atoms with Gasteiger partial charge in [0.1, 0.15) is 5.75 Å². The first-order chi connectivity index (χ1) is 10.3. The summed E-state index contributed by atoms with van der Waals surface area (Å²) in [5, 5.41) is 7.79. The summed E-state index contributed by atoms with van der Waals surface area (Å²) in [7, 11) is 0. The van der Waals surface area contributed by atoms with Gasteiger partial charge in [-0.25, -0.2) is 0 Å². The molecule has 0 aliphatic carbocycles. The largest absolute Gasteiger partial charge is 0.493 e. The lowest BCUT2D eigenvalue weighted by atomic mass is 10.2. The minimum Gasteiger partial charge on any atom is -0.493 e. The Labute approximate surface area is 123 Å². The van der Waals surface area contributed by atoms with E-state index in [0.29, 0.717) is 18.4 Å². The number of aryl methyl sites for hydroxylation is 1. The molecule has 1 aromatic carbocycles. The van der Waals surface area contributed by atoms with E-state index in [1.165, 1.54) is 0 Å². The monoisotopic (exact) mass is 290 g/mol. The highest BCUT2D eigenvalue weighted by molar-refractivity contribution is 5.53. The van der Waals surface area contributed by atoms with E-state index < -0.39 is 0 Å². The highest BCUT2D eigenvalue weighted by Crippen LogP contribution is 2.21. The summed E-state index contributed by atoms with van der Waals surface area (Å²) in [6.45, 7) is 3.86. The van der Waals surface area contributed by atoms with E-state index in [1.807, 2.05) is 24.3 Å². The number of ether oxygens (including phenoxy) is 3. The molecule has 0 spiro atoms. The third-order valence-corrected chi connectivity index (χ3v) is 3.15. The topological polar surface area (TPSA) is 66.6 Å². The lowest BCUT2D eigenvalue weighted by molar-refractivity contribution is -0.183. The van der Waals surface area contributed by atoms with Gasteiger partial charge in [-0.3, -0.25) is 0 Å². The summed E-state index contributed by atoms with van der Waals surface area (Å²) in [5.74, 6) is 1.87. The first kappa shape index (κ1) is 14.0. The van der Waals surface area contributed by atoms with Crippen molar-refractivity contribution in [2.24, 2.45) is 0 Å². The van der Waals surface area contributed by atoms with E-state index >= 15 is 0 Å². The maximum Gasteiger partial charge on any atom is 0.247 e. The van der Waals surface area contributed by atoms with Crippen molar-refractivity contribution in [2.45, 2.75) is 26.1 Å². The van der Waals surface area contributed by atoms with Crippen molar-refractivity contribution < 1.29 is 18.6 Å². The van der Waals surface area contributed by atoms with Gasteiger partial charge in [0.2, 0.25) is 11.8 Å². The molecule has 6 heteroatoms. The zero-order chi connectivity index (χ0) is 14.5. The summed E-state index contributed by atoms with van der Waals surface area (Å²) in [6.07, 6.45) is 1.55. The molecule has 0 unspecified atom stereocenters. The van der Waals surface area contributed by atoms with Crippen LogP contribution in [0.15, 0.2) is 28.7 Å². The van der Waals surface area contributed by atoms with Crippen LogP contribution in [0.5, 0.6) is 5.75 Å². The Morgan fingerprint density at radius 2 is 1.90 bits per heavy atom. The lowest BCUT2D eigenvalue weighted by Crippen LogP contribution is -2.26. The Morgan fingerprint density at radius 3 is 2.57 bits per heavy atom. The molecule has 0 saturated carbocycles. The summed E-state index contributed by atoms with van der Waals surface area (Å²) in [4.78, 5) is 0. The fourth-order valence-electron chi connectivity index (χ4n) is 2.08. The van der Waals surface area contributed by atoms with Crippen LogP contribution in [0.3, 0.4) is 0 Å². The number of hydrogen-bond donors (Lipinski definition) is 0. The highest BCUT2D eigenvalue weighted by Gasteiger charge is 2.14. The molecule has 3 rings (SSSR count). The van der Waals surface area contributed by atoms with Gasteiger partial charge in [-0.1, -0.05) is 0 Å². The van der Waals surface area contributed by atoms with Gasteiger partial charge in [0.15, 0.2) is 6.29 Å². The molecule has 2 heterocycles. The van der Waals surface area contributed by atoms with Crippen LogP contribution in [0.2, 0.25) is 0 Å². The van der Waals surface area contributed by atoms with Crippen LogP contribution in [0.25, 0.3) is 11.5 Å². The molecule has 0 N–H and O–H groups in total. The third-order valence-electron chi connectivity index (χ3n) is 3.15. The number of nitrogens with zero attached hydrogens (tertiary/aromatic N) is 2. The van der Waals surface area contributed by atoms with Crippen LogP contribution >= 0.6 is 0 Å². The number of rotatable bonds is 5. The normalized spacial score (nSPS) is 16.0. The third kappa shape index (κ3) is 3.80. The van der Waals surface area contributed by atoms with Crippen molar-refractivity contribution in [3.8, 4) is 17.2 Å². The average Bonchev–Trinajstić information content (AvgIpc) is 2.96. The summed E-state index contributed by atoms with van der Waals surface area (Å²) >= 11 is 0. The maximum absolute atomic E-state index is 5.68. The Balaban J connectivity index is 1.50. The van der Waals surface area contributed by atoms with E-state index in [1.54, 1.807) is 6.92 Å². The lowest BCUT2D eigenvalue weighted by Gasteiger charge is -2.23. The quantitative estimate of drug-likeness (QED) is 0.843. The van der Waals surface area contributed by atoms with Crippen LogP contribution < -0.4 is 4.74 Å². The zero-order valence-corrected chi connectivity index (χ0v) is 11.9. The van der Waals surface area contributed by atoms with Crippen LogP contribution in [-0.4, -0.2) is 36.3 Å². The molecule has 0 amide bonds. The van der Waals surface area contributed by atoms with Crippen molar-refractivity contribution in [1.29, 1.82) is 0 Å². The maximum atomic E-state index is 5.68. The smallest absolute Gasteiger partial charge is 0.247 e. The van der Waals surface area contributed by atoms with Crippen molar-refractivity contribution in [1.82, 2.24) is 10.2 Å². The minimum absolute atomic E-state index is 0.139. The van der Waals surface area contributed by atoms with Gasteiger partial charge in [-0.15, -0.1) is 10.2 Å². The zero-order valence-electron chi connectivity index (χ0n) is 11.9. The molecule has 1 saturated heterocycles. The van der Waals surface area contributed by atoms with Gasteiger partial charge in [0.05, 0.1) is 19.8 Å². The Bertz CT molecular complexity index is 561. The Kier molecular flexibility index (Phi) is 4.47. The molecule has 21 heavy (non-hydrogen) atoms. The van der Waals surface area contributed by atoms with E-state index in [9.17, 15) is 0 Å². The van der Waals surface area contributed by atoms with Crippen molar-refractivity contribution >= 4 is 0 Å². The van der Waals surface area contributed by atoms with E-state index in [0.717, 1.165) is 37.4 Å². The molecule has 0 atom stereocenters. The summed E-state index contributed by atoms with van der Waals surface area (Å²) in [6, 6.07) is 7.57. The van der Waals surface area contributed by atoms with Crippen LogP contribution in [0, 0.1) is 6.92 Å². The van der Waals surface area contributed by atoms with Crippen molar-refractivity contribution in [3.05, 3.63) is 30.2 Å². The van der Waals surface area contributed by atoms with Crippen LogP contribution in [0.1, 0.15) is 18.7 Å². The standard InChI is InChI=1S/C15H18N2O4/c1-11-16-17-15(21-11)12-3-5-13(6-4-12)18-10-7-14-19-8-2-9-20-14/h3-6,14H,2,7-10H2,1H3. The molecule has 1 fully saturated rings. The van der Waals surface area contributed by atoms with E-state index in [-0.39, 0.29) is 6.29 Å². The first-order valence-corrected chi connectivity index (χ1v) is 7.08. The molecule has 1 aromatic heterocycles. The van der Waals surface area contributed by atoms with E-state index in [4.69, 9.17) is 18.6 Å². The predicted octanol–water partition coefficient (Wildman–Crippen LogP) is 2.58. The summed E-state index contributed by atoms with van der Waals surface area (Å²) in [5.41, 5.74) is 0.877. The average molecular weight is 290 g/mol. The van der Waals surface area contributed by atoms with Crippen LogP contribution in [0.4, 0.5) is 0 Å². The SMILES string of the molecule is Cc1nnc(-c2ccc(OCCC3OCCCO3)cc2)o1. The molecule has 6 nitrogen and oxygen atoms in total. The second kappa shape index (κ2) is 6.69. The van der Waals surface area contributed by atoms with Gasteiger partial charge in [-0.05, 0) is 30.7 Å². The van der Waals surface area contributed by atoms with E-state index in [2.05, 4.69) is 10.2 Å². The molecule has 112 valence electrons. The van der Waals surface area contributed by atoms with Gasteiger partial charge >= 0.3 is 0 Å². The molecular weight excluding hydrogens is 272 g/mol. The number of hydrogen-bond acceptors (Lipinski definition) is 6. The molecule has 1 aliphatic heterocycles. The number of benzene rings is 1. The molecule has 0 bridgehead atoms. The van der Waals surface area contributed by atoms with Crippen LogP contribution in [-0.2, 0) is 9.47 Å².